The molecule has 1 N–H and O–H groups in total. The number of nitrogens with one attached hydrogen (secondary N) is 1. The van der Waals surface area contributed by atoms with Crippen LogP contribution >= 0.6 is 51.2 Å². The quantitative estimate of drug-likeness (QED) is 0.225. The Morgan fingerprint density at radius 2 is 2.19 bits per heavy atom. The zero-order valence-corrected chi connectivity index (χ0v) is 20.7. The van der Waals surface area contributed by atoms with Crippen LogP contribution < -0.4 is 5.32 Å². The lowest BCUT2D eigenvalue weighted by molar-refractivity contribution is 0.461. The maximum atomic E-state index is 4.78. The summed E-state index contributed by atoms with van der Waals surface area (Å²) in [5.74, 6) is 0.963. The first-order chi connectivity index (χ1) is 12.0. The van der Waals surface area contributed by atoms with E-state index in [9.17, 15) is 0 Å². The molecular formula is C18H29BrIN5S. The van der Waals surface area contributed by atoms with Crippen LogP contribution in [0.5, 0.6) is 0 Å². The number of aromatic nitrogens is 2. The third-order valence-corrected chi connectivity index (χ3v) is 5.36. The van der Waals surface area contributed by atoms with Gasteiger partial charge in [0.15, 0.2) is 5.96 Å². The van der Waals surface area contributed by atoms with Crippen LogP contribution in [0.3, 0.4) is 0 Å². The lowest BCUT2D eigenvalue weighted by Crippen LogP contribution is -2.38. The topological polar surface area (TPSA) is 45.5 Å². The van der Waals surface area contributed by atoms with Crippen LogP contribution in [0.1, 0.15) is 36.2 Å². The van der Waals surface area contributed by atoms with Crippen molar-refractivity contribution < 1.29 is 0 Å². The Kier molecular flexibility index (Phi) is 10.8. The summed E-state index contributed by atoms with van der Waals surface area (Å²) in [6.07, 6.45) is 5.34. The normalized spacial score (nSPS) is 11.3. The van der Waals surface area contributed by atoms with Crippen molar-refractivity contribution in [3.8, 4) is 0 Å². The van der Waals surface area contributed by atoms with Crippen LogP contribution in [0.4, 0.5) is 0 Å². The van der Waals surface area contributed by atoms with Gasteiger partial charge in [-0.1, -0.05) is 0 Å². The number of hydrogen-bond donors (Lipinski definition) is 1. The van der Waals surface area contributed by atoms with Gasteiger partial charge in [0.2, 0.25) is 0 Å². The fourth-order valence-corrected chi connectivity index (χ4v) is 3.99. The summed E-state index contributed by atoms with van der Waals surface area (Å²) in [6.45, 7) is 6.69. The molecule has 0 fully saturated rings. The zero-order valence-electron chi connectivity index (χ0n) is 16.0. The van der Waals surface area contributed by atoms with E-state index in [1.54, 1.807) is 11.3 Å². The molecule has 0 radical (unpaired) electrons. The monoisotopic (exact) mass is 553 g/mol. The molecule has 0 unspecified atom stereocenters. The van der Waals surface area contributed by atoms with E-state index in [0.29, 0.717) is 0 Å². The molecule has 5 nitrogen and oxygen atoms in total. The van der Waals surface area contributed by atoms with E-state index in [2.05, 4.69) is 74.4 Å². The number of aryl methyl sites for hydroxylation is 3. The Morgan fingerprint density at radius 3 is 2.77 bits per heavy atom. The van der Waals surface area contributed by atoms with Crippen LogP contribution in [0.2, 0.25) is 0 Å². The highest BCUT2D eigenvalue weighted by Crippen LogP contribution is 2.15. The van der Waals surface area contributed by atoms with Crippen molar-refractivity contribution in [1.82, 2.24) is 19.8 Å². The minimum absolute atomic E-state index is 0. The fourth-order valence-electron chi connectivity index (χ4n) is 2.60. The number of guanidine groups is 1. The molecule has 2 aromatic heterocycles. The number of nitrogens with zero attached hydrogens (tertiary/aromatic N) is 4. The van der Waals surface area contributed by atoms with Gasteiger partial charge in [0.05, 0.1) is 11.6 Å². The molecular weight excluding hydrogens is 525 g/mol. The summed E-state index contributed by atoms with van der Waals surface area (Å²) in [6, 6.07) is 2.15. The fraction of sp³-hybridized carbons (Fsp3) is 0.556. The van der Waals surface area contributed by atoms with Crippen molar-refractivity contribution in [2.75, 3.05) is 20.1 Å². The smallest absolute Gasteiger partial charge is 0.194 e. The van der Waals surface area contributed by atoms with Crippen LogP contribution in [0.15, 0.2) is 27.1 Å². The lowest BCUT2D eigenvalue weighted by atomic mass is 10.2. The predicted molar refractivity (Wildman–Crippen MR) is 126 cm³/mol. The Morgan fingerprint density at radius 1 is 1.42 bits per heavy atom. The van der Waals surface area contributed by atoms with Gasteiger partial charge in [0.1, 0.15) is 0 Å². The Bertz CT molecular complexity index is 698. The highest BCUT2D eigenvalue weighted by atomic mass is 127. The molecule has 0 atom stereocenters. The van der Waals surface area contributed by atoms with Gasteiger partial charge in [0, 0.05) is 54.6 Å². The first-order valence-corrected chi connectivity index (χ1v) is 10.4. The number of thiazole rings is 1. The van der Waals surface area contributed by atoms with Crippen molar-refractivity contribution >= 4 is 57.2 Å². The second kappa shape index (κ2) is 12.0. The molecule has 8 heteroatoms. The standard InChI is InChI=1S/C18H28BrN5S.HI/c1-5-20-18(24(4)12-16-10-15(19)11-23(16)3)21-9-7-6-8-17-22-14(2)13-25-17;/h10-11,13H,5-9,12H2,1-4H3,(H,20,21);1H. The molecule has 26 heavy (non-hydrogen) atoms. The maximum Gasteiger partial charge on any atom is 0.194 e. The molecule has 0 saturated carbocycles. The number of rotatable bonds is 8. The minimum atomic E-state index is 0. The van der Waals surface area contributed by atoms with Crippen molar-refractivity contribution in [3.05, 3.63) is 38.5 Å². The van der Waals surface area contributed by atoms with Gasteiger partial charge in [-0.05, 0) is 55.1 Å². The summed E-state index contributed by atoms with van der Waals surface area (Å²) in [7, 11) is 4.15. The van der Waals surface area contributed by atoms with Crippen LogP contribution in [0, 0.1) is 6.92 Å². The molecule has 0 aliphatic carbocycles. The van der Waals surface area contributed by atoms with Crippen LogP contribution in [-0.4, -0.2) is 40.5 Å². The number of unbranched alkanes of at least 4 members (excludes halogenated alkanes) is 1. The van der Waals surface area contributed by atoms with Crippen molar-refractivity contribution in [2.24, 2.45) is 12.0 Å². The number of aliphatic imine (C=N–C) groups is 1. The summed E-state index contributed by atoms with van der Waals surface area (Å²) >= 11 is 5.29. The van der Waals surface area contributed by atoms with Gasteiger partial charge in [-0.2, -0.15) is 0 Å². The molecule has 0 amide bonds. The number of halogens is 2. The third kappa shape index (κ3) is 7.56. The first-order valence-electron chi connectivity index (χ1n) is 8.70. The minimum Gasteiger partial charge on any atom is -0.357 e. The molecule has 2 rings (SSSR count). The SMILES string of the molecule is CCNC(=NCCCCc1nc(C)cs1)N(C)Cc1cc(Br)cn1C.I. The van der Waals surface area contributed by atoms with E-state index in [-0.39, 0.29) is 24.0 Å². The second-order valence-corrected chi connectivity index (χ2v) is 8.05. The van der Waals surface area contributed by atoms with E-state index in [1.165, 1.54) is 10.7 Å². The summed E-state index contributed by atoms with van der Waals surface area (Å²) in [5.41, 5.74) is 2.38. The van der Waals surface area contributed by atoms with Gasteiger partial charge < -0.3 is 14.8 Å². The van der Waals surface area contributed by atoms with E-state index in [4.69, 9.17) is 4.99 Å². The third-order valence-electron chi connectivity index (χ3n) is 3.90. The van der Waals surface area contributed by atoms with Gasteiger partial charge in [-0.15, -0.1) is 35.3 Å². The molecule has 0 spiro atoms. The van der Waals surface area contributed by atoms with Gasteiger partial charge >= 0.3 is 0 Å². The van der Waals surface area contributed by atoms with E-state index in [0.717, 1.165) is 55.0 Å². The Hall–Kier alpha value is -0.610. The number of hydrogen-bond acceptors (Lipinski definition) is 3. The molecule has 0 bridgehead atoms. The Balaban J connectivity index is 0.00000338. The van der Waals surface area contributed by atoms with Gasteiger partial charge in [-0.25, -0.2) is 4.98 Å². The molecule has 0 aliphatic rings. The highest BCUT2D eigenvalue weighted by molar-refractivity contribution is 14.0. The summed E-state index contributed by atoms with van der Waals surface area (Å²) in [4.78, 5) is 11.5. The molecule has 0 aliphatic heterocycles. The molecule has 146 valence electrons. The maximum absolute atomic E-state index is 4.78. The summed E-state index contributed by atoms with van der Waals surface area (Å²) in [5, 5.41) is 6.74. The zero-order chi connectivity index (χ0) is 18.2. The molecule has 0 aromatic carbocycles. The average Bonchev–Trinajstić information content (AvgIpc) is 3.11. The van der Waals surface area contributed by atoms with Gasteiger partial charge in [0.25, 0.3) is 0 Å². The van der Waals surface area contributed by atoms with E-state index in [1.807, 2.05) is 6.92 Å². The van der Waals surface area contributed by atoms with Crippen molar-refractivity contribution in [3.63, 3.8) is 0 Å². The molecule has 0 saturated heterocycles. The molecule has 2 aromatic rings. The predicted octanol–water partition coefficient (Wildman–Crippen LogP) is 4.59. The van der Waals surface area contributed by atoms with Crippen molar-refractivity contribution in [2.45, 2.75) is 39.7 Å². The van der Waals surface area contributed by atoms with E-state index >= 15 is 0 Å². The van der Waals surface area contributed by atoms with Crippen LogP contribution in [0.25, 0.3) is 0 Å². The van der Waals surface area contributed by atoms with Gasteiger partial charge in [-0.3, -0.25) is 4.99 Å². The molecule has 2 heterocycles. The lowest BCUT2D eigenvalue weighted by Gasteiger charge is -2.22. The largest absolute Gasteiger partial charge is 0.357 e. The average molecular weight is 554 g/mol. The Labute approximate surface area is 186 Å². The summed E-state index contributed by atoms with van der Waals surface area (Å²) < 4.78 is 3.25. The van der Waals surface area contributed by atoms with Crippen LogP contribution in [-0.2, 0) is 20.0 Å². The van der Waals surface area contributed by atoms with E-state index < -0.39 is 0 Å². The highest BCUT2D eigenvalue weighted by Gasteiger charge is 2.09. The van der Waals surface area contributed by atoms with Crippen molar-refractivity contribution in [1.29, 1.82) is 0 Å². The second-order valence-electron chi connectivity index (χ2n) is 6.19. The first kappa shape index (κ1) is 23.4.